The first-order chi connectivity index (χ1) is 9.06. The molecule has 0 bridgehead atoms. The van der Waals surface area contributed by atoms with Crippen molar-refractivity contribution in [1.82, 2.24) is 9.80 Å². The molecule has 0 heterocycles. The predicted octanol–water partition coefficient (Wildman–Crippen LogP) is 4.75. The Morgan fingerprint density at radius 1 is 0.789 bits per heavy atom. The normalized spacial score (nSPS) is 14.5. The molecule has 120 valence electrons. The monoisotopic (exact) mass is 274 g/mol. The summed E-state index contributed by atoms with van der Waals surface area (Å²) in [6, 6.07) is 0. The topological polar surface area (TPSA) is 6.48 Å². The molecule has 0 aromatic heterocycles. The van der Waals surface area contributed by atoms with E-state index in [0.717, 1.165) is 6.54 Å². The van der Waals surface area contributed by atoms with Gasteiger partial charge in [-0.05, 0) is 38.9 Å². The van der Waals surface area contributed by atoms with Gasteiger partial charge in [0, 0.05) is 19.6 Å². The Kier molecular flexibility index (Phi) is 20.2. The van der Waals surface area contributed by atoms with Crippen molar-refractivity contribution in [3.05, 3.63) is 0 Å². The molecular weight excluding hydrogens is 232 g/mol. The van der Waals surface area contributed by atoms with Crippen molar-refractivity contribution < 1.29 is 0 Å². The maximum atomic E-state index is 2.47. The summed E-state index contributed by atoms with van der Waals surface area (Å²) >= 11 is 0. The molecule has 0 unspecified atom stereocenters. The molecule has 0 aromatic rings. The molecule has 1 aliphatic rings. The summed E-state index contributed by atoms with van der Waals surface area (Å²) in [7, 11) is 4.43. The molecule has 19 heavy (non-hydrogen) atoms. The largest absolute Gasteiger partial charge is 0.305 e. The quantitative estimate of drug-likeness (QED) is 0.690. The molecular formula is C17H42N2. The third-order valence-corrected chi connectivity index (χ3v) is 3.16. The molecule has 2 nitrogen and oxygen atoms in total. The van der Waals surface area contributed by atoms with E-state index in [9.17, 15) is 0 Å². The molecule has 0 radical (unpaired) electrons. The van der Waals surface area contributed by atoms with E-state index in [1.807, 2.05) is 41.5 Å². The van der Waals surface area contributed by atoms with E-state index < -0.39 is 0 Å². The van der Waals surface area contributed by atoms with Crippen LogP contribution in [-0.4, -0.2) is 50.1 Å². The van der Waals surface area contributed by atoms with Crippen LogP contribution >= 0.6 is 0 Å². The Balaban J connectivity index is -0.000000375. The predicted molar refractivity (Wildman–Crippen MR) is 92.1 cm³/mol. The van der Waals surface area contributed by atoms with Crippen LogP contribution in [0.5, 0.6) is 0 Å². The number of rotatable bonds is 6. The lowest BCUT2D eigenvalue weighted by molar-refractivity contribution is 0.233. The Morgan fingerprint density at radius 2 is 1.16 bits per heavy atom. The van der Waals surface area contributed by atoms with Crippen LogP contribution < -0.4 is 0 Å². The summed E-state index contributed by atoms with van der Waals surface area (Å²) in [4.78, 5) is 4.84. The maximum absolute atomic E-state index is 2.47. The number of hydrogen-bond acceptors (Lipinski definition) is 2. The van der Waals surface area contributed by atoms with Gasteiger partial charge in [0.2, 0.25) is 0 Å². The van der Waals surface area contributed by atoms with Crippen LogP contribution in [0.1, 0.15) is 68.2 Å². The lowest BCUT2D eigenvalue weighted by Gasteiger charge is -2.23. The van der Waals surface area contributed by atoms with Gasteiger partial charge < -0.3 is 9.80 Å². The van der Waals surface area contributed by atoms with Crippen molar-refractivity contribution in [3.8, 4) is 0 Å². The molecule has 0 amide bonds. The number of nitrogens with zero attached hydrogens (tertiary/aromatic N) is 2. The van der Waals surface area contributed by atoms with E-state index in [1.165, 1.54) is 32.5 Å². The minimum absolute atomic E-state index is 0.666. The van der Waals surface area contributed by atoms with Crippen LogP contribution in [0.15, 0.2) is 0 Å². The first kappa shape index (κ1) is 24.0. The van der Waals surface area contributed by atoms with E-state index >= 15 is 0 Å². The van der Waals surface area contributed by atoms with Crippen LogP contribution in [0.25, 0.3) is 0 Å². The highest BCUT2D eigenvalue weighted by Crippen LogP contribution is 2.45. The molecule has 2 heteroatoms. The van der Waals surface area contributed by atoms with Gasteiger partial charge in [-0.1, -0.05) is 55.4 Å². The molecule has 0 spiro atoms. The standard InChI is InChI=1S/C11H24N2.3C2H6/c1-5-12(3)8-9-13(4)10-11(2)6-7-11;3*1-2/h5-10H2,1-4H3;3*1-2H3. The summed E-state index contributed by atoms with van der Waals surface area (Å²) in [5.41, 5.74) is 0.666. The fraction of sp³-hybridized carbons (Fsp3) is 1.00. The highest BCUT2D eigenvalue weighted by Gasteiger charge is 2.37. The van der Waals surface area contributed by atoms with Crippen LogP contribution in [0, 0.1) is 5.41 Å². The SMILES string of the molecule is CC.CC.CC.CCN(C)CCN(C)CC1(C)CC1. The second kappa shape index (κ2) is 16.0. The molecule has 0 saturated heterocycles. The summed E-state index contributed by atoms with van der Waals surface area (Å²) in [6.45, 7) is 21.5. The third-order valence-electron chi connectivity index (χ3n) is 3.16. The van der Waals surface area contributed by atoms with Crippen LogP contribution in [0.4, 0.5) is 0 Å². The molecule has 0 aliphatic heterocycles. The van der Waals surface area contributed by atoms with E-state index in [0.29, 0.717) is 5.41 Å². The number of likely N-dealkylation sites (N-methyl/N-ethyl adjacent to an activating group) is 2. The van der Waals surface area contributed by atoms with Crippen LogP contribution in [-0.2, 0) is 0 Å². The van der Waals surface area contributed by atoms with Crippen molar-refractivity contribution >= 4 is 0 Å². The Hall–Kier alpha value is -0.0800. The van der Waals surface area contributed by atoms with Crippen LogP contribution in [0.2, 0.25) is 0 Å². The summed E-state index contributed by atoms with van der Waals surface area (Å²) < 4.78 is 0. The van der Waals surface area contributed by atoms with Crippen molar-refractivity contribution in [2.45, 2.75) is 68.2 Å². The van der Waals surface area contributed by atoms with Gasteiger partial charge in [0.05, 0.1) is 0 Å². The van der Waals surface area contributed by atoms with E-state index in [1.54, 1.807) is 0 Å². The molecule has 0 aromatic carbocycles. The summed E-state index contributed by atoms with van der Waals surface area (Å²) in [5.74, 6) is 0. The van der Waals surface area contributed by atoms with Crippen molar-refractivity contribution in [2.75, 3.05) is 40.3 Å². The van der Waals surface area contributed by atoms with Gasteiger partial charge in [-0.15, -0.1) is 0 Å². The van der Waals surface area contributed by atoms with Gasteiger partial charge in [-0.2, -0.15) is 0 Å². The number of hydrogen-bond donors (Lipinski definition) is 0. The van der Waals surface area contributed by atoms with Gasteiger partial charge >= 0.3 is 0 Å². The van der Waals surface area contributed by atoms with E-state index in [-0.39, 0.29) is 0 Å². The molecule has 1 aliphatic carbocycles. The lowest BCUT2D eigenvalue weighted by Crippen LogP contribution is -2.33. The fourth-order valence-electron chi connectivity index (χ4n) is 1.60. The van der Waals surface area contributed by atoms with Gasteiger partial charge in [0.25, 0.3) is 0 Å². The van der Waals surface area contributed by atoms with Gasteiger partial charge in [0.1, 0.15) is 0 Å². The highest BCUT2D eigenvalue weighted by atomic mass is 15.2. The van der Waals surface area contributed by atoms with Crippen molar-refractivity contribution in [2.24, 2.45) is 5.41 Å². The van der Waals surface area contributed by atoms with E-state index in [2.05, 4.69) is 37.7 Å². The Bertz CT molecular complexity index is 153. The first-order valence-corrected chi connectivity index (χ1v) is 8.43. The van der Waals surface area contributed by atoms with Crippen molar-refractivity contribution in [3.63, 3.8) is 0 Å². The average Bonchev–Trinajstić information content (AvgIpc) is 3.20. The summed E-state index contributed by atoms with van der Waals surface area (Å²) in [6.07, 6.45) is 2.86. The van der Waals surface area contributed by atoms with Gasteiger partial charge in [-0.25, -0.2) is 0 Å². The molecule has 1 saturated carbocycles. The molecule has 1 rings (SSSR count). The summed E-state index contributed by atoms with van der Waals surface area (Å²) in [5, 5.41) is 0. The minimum atomic E-state index is 0.666. The fourth-order valence-corrected chi connectivity index (χ4v) is 1.60. The maximum Gasteiger partial charge on any atom is 0.0106 e. The first-order valence-electron chi connectivity index (χ1n) is 8.43. The average molecular weight is 275 g/mol. The van der Waals surface area contributed by atoms with E-state index in [4.69, 9.17) is 0 Å². The van der Waals surface area contributed by atoms with Gasteiger partial charge in [0.15, 0.2) is 0 Å². The molecule has 0 N–H and O–H groups in total. The highest BCUT2D eigenvalue weighted by molar-refractivity contribution is 4.90. The molecule has 0 atom stereocenters. The van der Waals surface area contributed by atoms with Gasteiger partial charge in [-0.3, -0.25) is 0 Å². The Labute approximate surface area is 124 Å². The zero-order valence-electron chi connectivity index (χ0n) is 15.6. The third kappa shape index (κ3) is 15.9. The zero-order valence-corrected chi connectivity index (χ0v) is 15.6. The minimum Gasteiger partial charge on any atom is -0.305 e. The lowest BCUT2D eigenvalue weighted by atomic mass is 10.1. The van der Waals surface area contributed by atoms with Crippen LogP contribution in [0.3, 0.4) is 0 Å². The second-order valence-corrected chi connectivity index (χ2v) is 4.94. The molecule has 1 fully saturated rings. The smallest absolute Gasteiger partial charge is 0.0106 e. The zero-order chi connectivity index (χ0) is 15.9. The Morgan fingerprint density at radius 3 is 1.47 bits per heavy atom. The van der Waals surface area contributed by atoms with Crippen molar-refractivity contribution in [1.29, 1.82) is 0 Å². The second-order valence-electron chi connectivity index (χ2n) is 4.94.